The van der Waals surface area contributed by atoms with Crippen molar-refractivity contribution < 1.29 is 18.8 Å². The molecular weight excluding hydrogens is 394 g/mol. The number of ether oxygens (including phenoxy) is 2. The molecule has 0 bridgehead atoms. The van der Waals surface area contributed by atoms with E-state index in [4.69, 9.17) is 14.0 Å². The second kappa shape index (κ2) is 9.12. The summed E-state index contributed by atoms with van der Waals surface area (Å²) in [6.07, 6.45) is 1.90. The minimum absolute atomic E-state index is 0.0450. The van der Waals surface area contributed by atoms with Gasteiger partial charge in [-0.2, -0.15) is 0 Å². The fourth-order valence-corrected chi connectivity index (χ4v) is 4.02. The standard InChI is InChI=1S/C24H27N3O4/c1-16-22(23(26-31-16)17-8-5-4-6-9-17)24(28)27-13-7-10-19(15-27)25-18-11-12-20(29-2)21(14-18)30-3/h4-6,8-9,11-12,14,19,25H,7,10,13,15H2,1-3H3/t19-/m0/s1. The molecule has 0 saturated carbocycles. The van der Waals surface area contributed by atoms with Crippen molar-refractivity contribution in [1.29, 1.82) is 0 Å². The molecular formula is C24H27N3O4. The van der Waals surface area contributed by atoms with Gasteiger partial charge in [-0.3, -0.25) is 4.79 Å². The molecule has 4 rings (SSSR count). The third kappa shape index (κ3) is 4.35. The van der Waals surface area contributed by atoms with E-state index in [1.54, 1.807) is 21.1 Å². The molecule has 2 heterocycles. The van der Waals surface area contributed by atoms with Gasteiger partial charge in [0, 0.05) is 36.4 Å². The van der Waals surface area contributed by atoms with Crippen molar-refractivity contribution in [2.75, 3.05) is 32.6 Å². The van der Waals surface area contributed by atoms with E-state index >= 15 is 0 Å². The predicted molar refractivity (Wildman–Crippen MR) is 119 cm³/mol. The van der Waals surface area contributed by atoms with Crippen molar-refractivity contribution in [2.45, 2.75) is 25.8 Å². The number of hydrogen-bond acceptors (Lipinski definition) is 6. The first kappa shape index (κ1) is 20.8. The summed E-state index contributed by atoms with van der Waals surface area (Å²) in [7, 11) is 3.24. The van der Waals surface area contributed by atoms with Crippen LogP contribution in [0.25, 0.3) is 11.3 Å². The van der Waals surface area contributed by atoms with Crippen LogP contribution in [0.5, 0.6) is 11.5 Å². The van der Waals surface area contributed by atoms with Gasteiger partial charge in [0.1, 0.15) is 17.0 Å². The van der Waals surface area contributed by atoms with E-state index in [0.29, 0.717) is 41.6 Å². The first-order valence-corrected chi connectivity index (χ1v) is 10.4. The van der Waals surface area contributed by atoms with Crippen molar-refractivity contribution in [3.05, 3.63) is 59.9 Å². The molecule has 7 heteroatoms. The zero-order valence-electron chi connectivity index (χ0n) is 18.1. The van der Waals surface area contributed by atoms with Crippen molar-refractivity contribution in [1.82, 2.24) is 10.1 Å². The van der Waals surface area contributed by atoms with Crippen LogP contribution >= 0.6 is 0 Å². The Kier molecular flexibility index (Phi) is 6.11. The van der Waals surface area contributed by atoms with Gasteiger partial charge in [0.2, 0.25) is 0 Å². The molecule has 2 aromatic carbocycles. The first-order chi connectivity index (χ1) is 15.1. The lowest BCUT2D eigenvalue weighted by atomic mass is 10.0. The summed E-state index contributed by atoms with van der Waals surface area (Å²) in [5, 5.41) is 7.69. The number of amides is 1. The molecule has 3 aromatic rings. The third-order valence-electron chi connectivity index (χ3n) is 5.59. The number of piperidine rings is 1. The highest BCUT2D eigenvalue weighted by Crippen LogP contribution is 2.31. The summed E-state index contributed by atoms with van der Waals surface area (Å²) in [5.74, 6) is 1.85. The molecule has 1 amide bonds. The maximum absolute atomic E-state index is 13.4. The van der Waals surface area contributed by atoms with Crippen LogP contribution in [0.1, 0.15) is 29.0 Å². The Hall–Kier alpha value is -3.48. The van der Waals surface area contributed by atoms with Crippen LogP contribution in [0.15, 0.2) is 53.1 Å². The summed E-state index contributed by atoms with van der Waals surface area (Å²) in [5.41, 5.74) is 2.94. The van der Waals surface area contributed by atoms with E-state index in [2.05, 4.69) is 10.5 Å². The molecule has 1 aliphatic heterocycles. The lowest BCUT2D eigenvalue weighted by molar-refractivity contribution is 0.0713. The summed E-state index contributed by atoms with van der Waals surface area (Å²) < 4.78 is 16.1. The van der Waals surface area contributed by atoms with Crippen LogP contribution in [0.3, 0.4) is 0 Å². The van der Waals surface area contributed by atoms with Gasteiger partial charge in [-0.05, 0) is 31.9 Å². The number of benzene rings is 2. The molecule has 31 heavy (non-hydrogen) atoms. The minimum atomic E-state index is -0.0450. The fourth-order valence-electron chi connectivity index (χ4n) is 4.02. The Labute approximate surface area is 181 Å². The Bertz CT molecular complexity index is 1050. The van der Waals surface area contributed by atoms with E-state index in [-0.39, 0.29) is 11.9 Å². The second-order valence-corrected chi connectivity index (χ2v) is 7.63. The lowest BCUT2D eigenvalue weighted by Gasteiger charge is -2.33. The number of likely N-dealkylation sites (tertiary alicyclic amines) is 1. The fraction of sp³-hybridized carbons (Fsp3) is 0.333. The number of hydrogen-bond donors (Lipinski definition) is 1. The van der Waals surface area contributed by atoms with Gasteiger partial charge in [0.05, 0.1) is 14.2 Å². The molecule has 1 aromatic heterocycles. The maximum Gasteiger partial charge on any atom is 0.259 e. The number of methoxy groups -OCH3 is 2. The highest BCUT2D eigenvalue weighted by Gasteiger charge is 2.30. The van der Waals surface area contributed by atoms with Gasteiger partial charge in [-0.15, -0.1) is 0 Å². The van der Waals surface area contributed by atoms with Gasteiger partial charge in [-0.25, -0.2) is 0 Å². The summed E-state index contributed by atoms with van der Waals surface area (Å²) in [4.78, 5) is 15.3. The van der Waals surface area contributed by atoms with Gasteiger partial charge in [0.15, 0.2) is 11.5 Å². The number of anilines is 1. The molecule has 0 spiro atoms. The Morgan fingerprint density at radius 1 is 1.13 bits per heavy atom. The molecule has 1 fully saturated rings. The molecule has 7 nitrogen and oxygen atoms in total. The Morgan fingerprint density at radius 3 is 2.65 bits per heavy atom. The lowest BCUT2D eigenvalue weighted by Crippen LogP contribution is -2.45. The molecule has 1 atom stereocenters. The molecule has 0 aliphatic carbocycles. The number of nitrogens with one attached hydrogen (secondary N) is 1. The normalized spacial score (nSPS) is 16.1. The zero-order valence-corrected chi connectivity index (χ0v) is 18.1. The van der Waals surface area contributed by atoms with Crippen molar-refractivity contribution in [3.8, 4) is 22.8 Å². The summed E-state index contributed by atoms with van der Waals surface area (Å²) in [6, 6.07) is 15.5. The minimum Gasteiger partial charge on any atom is -0.493 e. The molecule has 1 aliphatic rings. The number of carbonyl (C=O) groups excluding carboxylic acids is 1. The summed E-state index contributed by atoms with van der Waals surface area (Å²) in [6.45, 7) is 3.10. The number of carbonyl (C=O) groups is 1. The van der Waals surface area contributed by atoms with Crippen LogP contribution in [-0.2, 0) is 0 Å². The largest absolute Gasteiger partial charge is 0.493 e. The van der Waals surface area contributed by atoms with Gasteiger partial charge < -0.3 is 24.2 Å². The van der Waals surface area contributed by atoms with Crippen LogP contribution in [0.2, 0.25) is 0 Å². The van der Waals surface area contributed by atoms with E-state index in [9.17, 15) is 4.79 Å². The molecule has 1 N–H and O–H groups in total. The third-order valence-corrected chi connectivity index (χ3v) is 5.59. The second-order valence-electron chi connectivity index (χ2n) is 7.63. The van der Waals surface area contributed by atoms with Gasteiger partial charge in [-0.1, -0.05) is 35.5 Å². The van der Waals surface area contributed by atoms with Crippen LogP contribution < -0.4 is 14.8 Å². The topological polar surface area (TPSA) is 76.8 Å². The van der Waals surface area contributed by atoms with Gasteiger partial charge >= 0.3 is 0 Å². The molecule has 1 saturated heterocycles. The van der Waals surface area contributed by atoms with Crippen molar-refractivity contribution in [2.24, 2.45) is 0 Å². The molecule has 0 radical (unpaired) electrons. The number of aromatic nitrogens is 1. The number of nitrogens with zero attached hydrogens (tertiary/aromatic N) is 2. The monoisotopic (exact) mass is 421 g/mol. The Balaban J connectivity index is 1.51. The smallest absolute Gasteiger partial charge is 0.259 e. The quantitative estimate of drug-likeness (QED) is 0.636. The number of rotatable bonds is 6. The van der Waals surface area contributed by atoms with Crippen molar-refractivity contribution >= 4 is 11.6 Å². The van der Waals surface area contributed by atoms with E-state index in [1.165, 1.54) is 0 Å². The maximum atomic E-state index is 13.4. The molecule has 0 unspecified atom stereocenters. The van der Waals surface area contributed by atoms with Crippen molar-refractivity contribution in [3.63, 3.8) is 0 Å². The SMILES string of the molecule is COc1ccc(N[C@H]2CCCN(C(=O)c3c(-c4ccccc4)noc3C)C2)cc1OC. The van der Waals surface area contributed by atoms with Crippen LogP contribution in [0, 0.1) is 6.92 Å². The highest BCUT2D eigenvalue weighted by atomic mass is 16.5. The average Bonchev–Trinajstić information content (AvgIpc) is 3.20. The molecule has 162 valence electrons. The first-order valence-electron chi connectivity index (χ1n) is 10.4. The van der Waals surface area contributed by atoms with E-state index < -0.39 is 0 Å². The Morgan fingerprint density at radius 2 is 1.90 bits per heavy atom. The number of aryl methyl sites for hydroxylation is 1. The zero-order chi connectivity index (χ0) is 21.8. The van der Waals surface area contributed by atoms with Crippen LogP contribution in [-0.4, -0.2) is 49.3 Å². The van der Waals surface area contributed by atoms with E-state index in [0.717, 1.165) is 24.1 Å². The van der Waals surface area contributed by atoms with E-state index in [1.807, 2.05) is 53.4 Å². The van der Waals surface area contributed by atoms with Crippen LogP contribution in [0.4, 0.5) is 5.69 Å². The summed E-state index contributed by atoms with van der Waals surface area (Å²) >= 11 is 0. The highest BCUT2D eigenvalue weighted by molar-refractivity contribution is 6.00. The van der Waals surface area contributed by atoms with Gasteiger partial charge in [0.25, 0.3) is 5.91 Å². The predicted octanol–water partition coefficient (Wildman–Crippen LogP) is 4.38. The average molecular weight is 421 g/mol.